The summed E-state index contributed by atoms with van der Waals surface area (Å²) in [7, 11) is -3.83. The lowest BCUT2D eigenvalue weighted by Crippen LogP contribution is -2.41. The van der Waals surface area contributed by atoms with E-state index in [1.54, 1.807) is 0 Å². The van der Waals surface area contributed by atoms with Crippen LogP contribution < -0.4 is 15.8 Å². The molecule has 11 heteroatoms. The summed E-state index contributed by atoms with van der Waals surface area (Å²) in [5.74, 6) is -0.802. The van der Waals surface area contributed by atoms with Crippen molar-refractivity contribution in [2.24, 2.45) is 11.7 Å². The molecule has 0 bridgehead atoms. The second-order valence-electron chi connectivity index (χ2n) is 5.70. The van der Waals surface area contributed by atoms with Crippen LogP contribution in [0.5, 0.6) is 5.75 Å². The van der Waals surface area contributed by atoms with Gasteiger partial charge in [0.05, 0.1) is 10.7 Å². The molecule has 1 aromatic carbocycles. The van der Waals surface area contributed by atoms with Crippen molar-refractivity contribution in [3.05, 3.63) is 17.2 Å². The third-order valence-electron chi connectivity index (χ3n) is 4.14. The predicted octanol–water partition coefficient (Wildman–Crippen LogP) is 0.979. The maximum absolute atomic E-state index is 12.8. The lowest BCUT2D eigenvalue weighted by molar-refractivity contribution is -0.123. The van der Waals surface area contributed by atoms with Crippen molar-refractivity contribution < 1.29 is 22.7 Å². The number of ether oxygens (including phenoxy) is 1. The lowest BCUT2D eigenvalue weighted by atomic mass is 9.98. The minimum atomic E-state index is -3.83. The highest BCUT2D eigenvalue weighted by molar-refractivity contribution is 7.89. The number of halogens is 2. The Morgan fingerprint density at radius 1 is 1.32 bits per heavy atom. The third-order valence-corrected chi connectivity index (χ3v) is 6.50. The number of primary amides is 1. The second-order valence-corrected chi connectivity index (χ2v) is 8.01. The number of carbonyl (C=O) groups is 2. The van der Waals surface area contributed by atoms with Crippen molar-refractivity contribution >= 4 is 51.5 Å². The summed E-state index contributed by atoms with van der Waals surface area (Å²) in [6.07, 6.45) is 0.757. The Morgan fingerprint density at radius 2 is 1.96 bits per heavy atom. The van der Waals surface area contributed by atoms with E-state index in [9.17, 15) is 18.0 Å². The lowest BCUT2D eigenvalue weighted by Gasteiger charge is -2.30. The van der Waals surface area contributed by atoms with E-state index in [2.05, 4.69) is 5.32 Å². The molecule has 25 heavy (non-hydrogen) atoms. The van der Waals surface area contributed by atoms with Crippen LogP contribution in [0.1, 0.15) is 12.8 Å². The smallest absolute Gasteiger partial charge is 0.262 e. The van der Waals surface area contributed by atoms with Gasteiger partial charge in [0.1, 0.15) is 10.6 Å². The van der Waals surface area contributed by atoms with Gasteiger partial charge in [0.15, 0.2) is 6.61 Å². The van der Waals surface area contributed by atoms with Crippen LogP contribution in [0.2, 0.25) is 5.02 Å². The second kappa shape index (κ2) is 7.36. The number of carbonyl (C=O) groups excluding carboxylic acids is 2. The number of hydrogen-bond donors (Lipinski definition) is 2. The van der Waals surface area contributed by atoms with Gasteiger partial charge in [-0.2, -0.15) is 4.31 Å². The van der Waals surface area contributed by atoms with Gasteiger partial charge in [-0.25, -0.2) is 8.42 Å². The number of anilines is 1. The predicted molar refractivity (Wildman–Crippen MR) is 93.5 cm³/mol. The molecule has 1 aromatic rings. The van der Waals surface area contributed by atoms with Gasteiger partial charge < -0.3 is 15.8 Å². The first kappa shape index (κ1) is 19.8. The van der Waals surface area contributed by atoms with Crippen molar-refractivity contribution in [1.82, 2.24) is 4.31 Å². The molecule has 2 aliphatic heterocycles. The molecule has 3 rings (SSSR count). The number of hydrogen-bond acceptors (Lipinski definition) is 5. The summed E-state index contributed by atoms with van der Waals surface area (Å²) in [6.45, 7) is 0.208. The molecule has 0 atom stereocenters. The van der Waals surface area contributed by atoms with Crippen LogP contribution in [-0.4, -0.2) is 44.2 Å². The number of piperidine rings is 1. The van der Waals surface area contributed by atoms with Gasteiger partial charge in [0.2, 0.25) is 15.9 Å². The molecule has 2 aliphatic rings. The normalized spacial score (nSPS) is 18.5. The van der Waals surface area contributed by atoms with Crippen LogP contribution in [0, 0.1) is 5.92 Å². The molecule has 8 nitrogen and oxygen atoms in total. The zero-order chi connectivity index (χ0) is 17.5. The standard InChI is InChI=1S/C14H16ClN3O5S.ClH/c15-9-5-10-11(23-7-13(19)17-10)6-12(9)24(21,22)18-3-1-8(2-4-18)14(16)20;/h5-6,8H,1-4,7H2,(H2,16,20)(H,17,19);1H. The number of nitrogens with one attached hydrogen (secondary N) is 1. The van der Waals surface area contributed by atoms with E-state index in [4.69, 9.17) is 22.1 Å². The first-order valence-electron chi connectivity index (χ1n) is 7.34. The first-order chi connectivity index (χ1) is 11.3. The molecule has 1 saturated heterocycles. The van der Waals surface area contributed by atoms with E-state index < -0.39 is 15.9 Å². The summed E-state index contributed by atoms with van der Waals surface area (Å²) in [6, 6.07) is 2.67. The molecule has 0 aliphatic carbocycles. The third kappa shape index (κ3) is 3.84. The summed E-state index contributed by atoms with van der Waals surface area (Å²) < 4.78 is 32.2. The quantitative estimate of drug-likeness (QED) is 0.770. The summed E-state index contributed by atoms with van der Waals surface area (Å²) in [5.41, 5.74) is 5.60. The molecule has 138 valence electrons. The number of amides is 2. The maximum Gasteiger partial charge on any atom is 0.262 e. The minimum Gasteiger partial charge on any atom is -0.482 e. The zero-order valence-corrected chi connectivity index (χ0v) is 15.4. The monoisotopic (exact) mass is 409 g/mol. The summed E-state index contributed by atoms with van der Waals surface area (Å²) >= 11 is 6.10. The Kier molecular flexibility index (Phi) is 5.82. The van der Waals surface area contributed by atoms with Crippen molar-refractivity contribution in [2.45, 2.75) is 17.7 Å². The molecule has 3 N–H and O–H groups in total. The Morgan fingerprint density at radius 3 is 2.56 bits per heavy atom. The number of nitrogens with zero attached hydrogens (tertiary/aromatic N) is 1. The van der Waals surface area contributed by atoms with Crippen LogP contribution in [-0.2, 0) is 19.6 Å². The van der Waals surface area contributed by atoms with E-state index >= 15 is 0 Å². The van der Waals surface area contributed by atoms with Crippen molar-refractivity contribution in [3.63, 3.8) is 0 Å². The minimum absolute atomic E-state index is 0. The van der Waals surface area contributed by atoms with Crippen LogP contribution in [0.25, 0.3) is 0 Å². The Labute approximate surface area is 156 Å². The molecule has 0 unspecified atom stereocenters. The Hall–Kier alpha value is -1.55. The van der Waals surface area contributed by atoms with Gasteiger partial charge in [-0.15, -0.1) is 12.4 Å². The highest BCUT2D eigenvalue weighted by Crippen LogP contribution is 2.37. The number of rotatable bonds is 3. The topological polar surface area (TPSA) is 119 Å². The Bertz CT molecular complexity index is 807. The van der Waals surface area contributed by atoms with Crippen molar-refractivity contribution in [1.29, 1.82) is 0 Å². The maximum atomic E-state index is 12.8. The largest absolute Gasteiger partial charge is 0.482 e. The number of fused-ring (bicyclic) bond motifs is 1. The number of nitrogens with two attached hydrogens (primary N) is 1. The molecule has 0 aromatic heterocycles. The SMILES string of the molecule is Cl.NC(=O)C1CCN(S(=O)(=O)c2cc3c(cc2Cl)NC(=O)CO3)CC1. The highest BCUT2D eigenvalue weighted by atomic mass is 35.5. The van der Waals surface area contributed by atoms with Crippen LogP contribution >= 0.6 is 24.0 Å². The highest BCUT2D eigenvalue weighted by Gasteiger charge is 2.33. The van der Waals surface area contributed by atoms with E-state index in [1.165, 1.54) is 16.4 Å². The van der Waals surface area contributed by atoms with Gasteiger partial charge in [-0.1, -0.05) is 11.6 Å². The van der Waals surface area contributed by atoms with Crippen LogP contribution in [0.3, 0.4) is 0 Å². The molecule has 1 fully saturated rings. The summed E-state index contributed by atoms with van der Waals surface area (Å²) in [5, 5.41) is 2.57. The average Bonchev–Trinajstić information content (AvgIpc) is 2.54. The van der Waals surface area contributed by atoms with Gasteiger partial charge in [0, 0.05) is 25.1 Å². The van der Waals surface area contributed by atoms with Crippen LogP contribution in [0.15, 0.2) is 17.0 Å². The molecular weight excluding hydrogens is 393 g/mol. The molecular formula is C14H17Cl2N3O5S. The number of benzene rings is 1. The molecule has 2 heterocycles. The van der Waals surface area contributed by atoms with E-state index in [0.29, 0.717) is 18.5 Å². The van der Waals surface area contributed by atoms with Crippen LogP contribution in [0.4, 0.5) is 5.69 Å². The van der Waals surface area contributed by atoms with Gasteiger partial charge in [-0.05, 0) is 18.9 Å². The van der Waals surface area contributed by atoms with Gasteiger partial charge in [0.25, 0.3) is 5.91 Å². The molecule has 0 radical (unpaired) electrons. The molecule has 2 amide bonds. The summed E-state index contributed by atoms with van der Waals surface area (Å²) in [4.78, 5) is 22.4. The fraction of sp³-hybridized carbons (Fsp3) is 0.429. The van der Waals surface area contributed by atoms with E-state index in [-0.39, 0.29) is 59.6 Å². The molecule has 0 saturated carbocycles. The average molecular weight is 410 g/mol. The van der Waals surface area contributed by atoms with Gasteiger partial charge in [-0.3, -0.25) is 9.59 Å². The van der Waals surface area contributed by atoms with Crippen molar-refractivity contribution in [3.8, 4) is 5.75 Å². The first-order valence-corrected chi connectivity index (χ1v) is 9.16. The molecule has 0 spiro atoms. The van der Waals surface area contributed by atoms with E-state index in [0.717, 1.165) is 0 Å². The van der Waals surface area contributed by atoms with Gasteiger partial charge >= 0.3 is 0 Å². The Balaban J connectivity index is 0.00000225. The fourth-order valence-corrected chi connectivity index (χ4v) is 4.79. The zero-order valence-electron chi connectivity index (χ0n) is 13.0. The van der Waals surface area contributed by atoms with Crippen molar-refractivity contribution in [2.75, 3.05) is 25.0 Å². The fourth-order valence-electron chi connectivity index (χ4n) is 2.80. The van der Waals surface area contributed by atoms with E-state index in [1.807, 2.05) is 0 Å². The number of sulfonamides is 1.